The highest BCUT2D eigenvalue weighted by molar-refractivity contribution is 5.92. The molecular weight excluding hydrogens is 472 g/mol. The molecular formula is C22H20N8O6. The average molecular weight is 492 g/mol. The fraction of sp³-hybridized carbons (Fsp3) is 0.0909. The Morgan fingerprint density at radius 2 is 1.89 bits per heavy atom. The number of hydrogen-bond acceptors (Lipinski definition) is 11. The van der Waals surface area contributed by atoms with E-state index >= 15 is 0 Å². The number of aromatic nitrogens is 2. The molecule has 2 heterocycles. The molecule has 1 aliphatic rings. The van der Waals surface area contributed by atoms with Crippen molar-refractivity contribution in [3.05, 3.63) is 77.5 Å². The summed E-state index contributed by atoms with van der Waals surface area (Å²) in [5.41, 5.74) is 4.92. The van der Waals surface area contributed by atoms with Gasteiger partial charge in [-0.25, -0.2) is 25.1 Å². The van der Waals surface area contributed by atoms with Crippen LogP contribution in [-0.2, 0) is 9.47 Å². The Morgan fingerprint density at radius 3 is 2.67 bits per heavy atom. The van der Waals surface area contributed by atoms with Crippen molar-refractivity contribution in [1.29, 1.82) is 0 Å². The van der Waals surface area contributed by atoms with Gasteiger partial charge in [-0.1, -0.05) is 29.4 Å². The van der Waals surface area contributed by atoms with Crippen molar-refractivity contribution in [2.45, 2.75) is 0 Å². The van der Waals surface area contributed by atoms with E-state index < -0.39 is 12.2 Å². The standard InChI is InChI=1S/2C11H10N4O3/c1-18-11(16)14-12-6-8-7-15(17)10-5-3-2-4-9(10)13-8;1-18-11(16)14-13-7-8-6-12-9-4-2-3-5-10(9)15(8)17/h2-7H,1H3,(H,14,16);2-7,17H,1H3/b12-6+;8-7-,14-13?. The van der Waals surface area contributed by atoms with Crippen LogP contribution >= 0.6 is 0 Å². The minimum atomic E-state index is -0.815. The molecule has 0 radical (unpaired) electrons. The normalized spacial score (nSPS) is 13.4. The number of fused-ring (bicyclic) bond motifs is 2. The molecule has 14 nitrogen and oxygen atoms in total. The number of ether oxygens (including phenoxy) is 2. The van der Waals surface area contributed by atoms with Gasteiger partial charge in [-0.05, 0) is 18.2 Å². The van der Waals surface area contributed by atoms with Crippen molar-refractivity contribution in [2.75, 3.05) is 19.3 Å². The van der Waals surface area contributed by atoms with Crippen LogP contribution in [0.3, 0.4) is 0 Å². The third kappa shape index (κ3) is 6.64. The molecule has 0 atom stereocenters. The lowest BCUT2D eigenvalue weighted by atomic mass is 10.2. The molecule has 14 heteroatoms. The summed E-state index contributed by atoms with van der Waals surface area (Å²) in [5.74, 6) is 0. The summed E-state index contributed by atoms with van der Waals surface area (Å²) in [6.07, 6.45) is 3.64. The number of para-hydroxylation sites is 4. The van der Waals surface area contributed by atoms with Gasteiger partial charge < -0.3 is 14.7 Å². The van der Waals surface area contributed by atoms with Crippen LogP contribution in [0.2, 0.25) is 0 Å². The van der Waals surface area contributed by atoms with Gasteiger partial charge >= 0.3 is 12.2 Å². The first-order chi connectivity index (χ1) is 17.4. The second-order valence-electron chi connectivity index (χ2n) is 6.64. The third-order valence-corrected chi connectivity index (χ3v) is 4.35. The molecule has 184 valence electrons. The first-order valence-electron chi connectivity index (χ1n) is 10.1. The number of hydroxylamine groups is 1. The number of hydrogen-bond donors (Lipinski definition) is 2. The Kier molecular flexibility index (Phi) is 8.66. The molecule has 36 heavy (non-hydrogen) atoms. The maximum absolute atomic E-state index is 11.7. The number of amides is 2. The van der Waals surface area contributed by atoms with Gasteiger partial charge in [-0.2, -0.15) is 14.9 Å². The second kappa shape index (κ2) is 12.3. The number of hydrazone groups is 1. The number of azo groups is 1. The van der Waals surface area contributed by atoms with Crippen LogP contribution in [0.1, 0.15) is 5.69 Å². The van der Waals surface area contributed by atoms with E-state index in [9.17, 15) is 20.0 Å². The van der Waals surface area contributed by atoms with Crippen LogP contribution in [0.25, 0.3) is 11.0 Å². The lowest BCUT2D eigenvalue weighted by molar-refractivity contribution is -0.577. The number of allylic oxidation sites excluding steroid dienone is 1. The van der Waals surface area contributed by atoms with E-state index in [0.29, 0.717) is 38.5 Å². The van der Waals surface area contributed by atoms with E-state index in [1.165, 1.54) is 39.0 Å². The number of carbonyl (C=O) groups is 2. The molecule has 2 aromatic carbocycles. The molecule has 2 amide bonds. The first kappa shape index (κ1) is 25.4. The Balaban J connectivity index is 0.000000201. The monoisotopic (exact) mass is 492 g/mol. The Morgan fingerprint density at radius 1 is 1.14 bits per heavy atom. The van der Waals surface area contributed by atoms with Gasteiger partial charge in [0.05, 0.1) is 44.2 Å². The van der Waals surface area contributed by atoms with Crippen molar-refractivity contribution < 1.29 is 29.0 Å². The van der Waals surface area contributed by atoms with Crippen LogP contribution in [0.4, 0.5) is 21.0 Å². The van der Waals surface area contributed by atoms with Gasteiger partial charge in [-0.3, -0.25) is 10.2 Å². The van der Waals surface area contributed by atoms with Crippen LogP contribution in [0.5, 0.6) is 0 Å². The number of rotatable bonds is 3. The maximum Gasteiger partial charge on any atom is 0.452 e. The Bertz CT molecular complexity index is 1370. The predicted molar refractivity (Wildman–Crippen MR) is 128 cm³/mol. The van der Waals surface area contributed by atoms with E-state index in [1.54, 1.807) is 42.5 Å². The second-order valence-corrected chi connectivity index (χ2v) is 6.64. The lowest BCUT2D eigenvalue weighted by Gasteiger charge is -2.21. The van der Waals surface area contributed by atoms with Crippen molar-refractivity contribution in [2.24, 2.45) is 20.3 Å². The summed E-state index contributed by atoms with van der Waals surface area (Å²) >= 11 is 0. The quantitative estimate of drug-likeness (QED) is 0.184. The van der Waals surface area contributed by atoms with Crippen molar-refractivity contribution >= 4 is 47.0 Å². The molecule has 0 saturated carbocycles. The molecule has 3 aromatic rings. The van der Waals surface area contributed by atoms with Gasteiger partial charge in [-0.15, -0.1) is 0 Å². The van der Waals surface area contributed by atoms with Gasteiger partial charge in [0.2, 0.25) is 11.7 Å². The molecule has 1 aliphatic heterocycles. The number of nitrogens with one attached hydrogen (secondary N) is 1. The minimum absolute atomic E-state index is 0.293. The van der Waals surface area contributed by atoms with Crippen LogP contribution in [0.15, 0.2) is 86.9 Å². The summed E-state index contributed by atoms with van der Waals surface area (Å²) in [6.45, 7) is 0. The number of benzene rings is 2. The van der Waals surface area contributed by atoms with Gasteiger partial charge in [0.25, 0.3) is 0 Å². The fourth-order valence-corrected chi connectivity index (χ4v) is 2.71. The smallest absolute Gasteiger partial charge is 0.452 e. The van der Waals surface area contributed by atoms with Gasteiger partial charge in [0, 0.05) is 6.07 Å². The summed E-state index contributed by atoms with van der Waals surface area (Å²) in [5, 5.41) is 32.8. The molecule has 1 aromatic heterocycles. The molecule has 0 unspecified atom stereocenters. The molecule has 0 bridgehead atoms. The van der Waals surface area contributed by atoms with Gasteiger partial charge in [0.1, 0.15) is 16.9 Å². The molecule has 0 spiro atoms. The molecule has 4 rings (SSSR count). The number of aliphatic imine (C=N–C) groups is 1. The summed E-state index contributed by atoms with van der Waals surface area (Å²) in [7, 11) is 2.43. The van der Waals surface area contributed by atoms with Crippen molar-refractivity contribution in [1.82, 2.24) is 10.4 Å². The summed E-state index contributed by atoms with van der Waals surface area (Å²) < 4.78 is 9.31. The molecule has 0 saturated heterocycles. The summed E-state index contributed by atoms with van der Waals surface area (Å²) in [6, 6.07) is 14.0. The minimum Gasteiger partial charge on any atom is -0.618 e. The Hall–Kier alpha value is -5.24. The van der Waals surface area contributed by atoms with Crippen molar-refractivity contribution in [3.8, 4) is 0 Å². The molecule has 0 fully saturated rings. The molecule has 2 N–H and O–H groups in total. The third-order valence-electron chi connectivity index (χ3n) is 4.35. The zero-order chi connectivity index (χ0) is 25.9. The van der Waals surface area contributed by atoms with E-state index in [1.807, 2.05) is 6.07 Å². The highest BCUT2D eigenvalue weighted by atomic mass is 16.5. The zero-order valence-corrected chi connectivity index (χ0v) is 19.0. The van der Waals surface area contributed by atoms with Crippen LogP contribution in [-0.4, -0.2) is 49.0 Å². The van der Waals surface area contributed by atoms with E-state index in [-0.39, 0.29) is 0 Å². The summed E-state index contributed by atoms with van der Waals surface area (Å²) in [4.78, 5) is 29.8. The first-order valence-corrected chi connectivity index (χ1v) is 10.1. The largest absolute Gasteiger partial charge is 0.618 e. The number of anilines is 1. The SMILES string of the molecule is COC(=O)N/N=C/c1c[n+]([O-])c2ccccc2n1.COC(=O)N=N/C=C1/C=Nc2ccccc2N1O. The zero-order valence-electron chi connectivity index (χ0n) is 19.0. The van der Waals surface area contributed by atoms with Crippen molar-refractivity contribution in [3.63, 3.8) is 0 Å². The highest BCUT2D eigenvalue weighted by Gasteiger charge is 2.16. The van der Waals surface area contributed by atoms with E-state index in [4.69, 9.17) is 0 Å². The number of methoxy groups -OCH3 is 2. The highest BCUT2D eigenvalue weighted by Crippen LogP contribution is 2.32. The van der Waals surface area contributed by atoms with Crippen LogP contribution < -0.4 is 15.2 Å². The predicted octanol–water partition coefficient (Wildman–Crippen LogP) is 3.22. The average Bonchev–Trinajstić information content (AvgIpc) is 2.90. The maximum atomic E-state index is 11.7. The fourth-order valence-electron chi connectivity index (χ4n) is 2.71. The van der Waals surface area contributed by atoms with E-state index in [2.05, 4.69) is 40.2 Å². The van der Waals surface area contributed by atoms with E-state index in [0.717, 1.165) is 5.06 Å². The number of nitrogens with zero attached hydrogens (tertiary/aromatic N) is 7. The topological polar surface area (TPSA) is 177 Å². The van der Waals surface area contributed by atoms with Crippen LogP contribution in [0, 0.1) is 5.21 Å². The van der Waals surface area contributed by atoms with Gasteiger partial charge in [0.15, 0.2) is 0 Å². The lowest BCUT2D eigenvalue weighted by Crippen LogP contribution is -2.28. The Labute approximate surface area is 204 Å². The molecule has 0 aliphatic carbocycles. The number of carbonyl (C=O) groups excluding carboxylic acids is 2.